The van der Waals surface area contributed by atoms with Crippen molar-refractivity contribution in [1.82, 2.24) is 0 Å². The summed E-state index contributed by atoms with van der Waals surface area (Å²) in [6.07, 6.45) is 1.18. The van der Waals surface area contributed by atoms with Crippen LogP contribution in [0.3, 0.4) is 0 Å². The smallest absolute Gasteiger partial charge is 0.240 e. The standard InChI is InChI=1S/C18H19NO4S2/c1-12-18(20)19(16-9-6-14(23-2)10-17(16)24-12)11-13-4-7-15(8-5-13)25(3,21)22/h4-10,12H,11H2,1-3H3. The molecule has 3 rings (SSSR count). The number of hydrogen-bond donors (Lipinski definition) is 0. The number of ether oxygens (including phenoxy) is 1. The van der Waals surface area contributed by atoms with Gasteiger partial charge in [0, 0.05) is 11.2 Å². The molecule has 1 atom stereocenters. The molecule has 7 heteroatoms. The second kappa shape index (κ2) is 6.72. The van der Waals surface area contributed by atoms with Gasteiger partial charge in [0.05, 0.1) is 29.5 Å². The second-order valence-corrected chi connectivity index (χ2v) is 9.33. The second-order valence-electron chi connectivity index (χ2n) is 5.93. The number of thioether (sulfide) groups is 1. The van der Waals surface area contributed by atoms with E-state index in [1.54, 1.807) is 36.3 Å². The van der Waals surface area contributed by atoms with Crippen LogP contribution in [0.2, 0.25) is 0 Å². The van der Waals surface area contributed by atoms with E-state index in [-0.39, 0.29) is 16.1 Å². The molecule has 0 radical (unpaired) electrons. The predicted molar refractivity (Wildman–Crippen MR) is 99.1 cm³/mol. The van der Waals surface area contributed by atoms with Gasteiger partial charge in [-0.15, -0.1) is 11.8 Å². The number of carbonyl (C=O) groups excluding carboxylic acids is 1. The van der Waals surface area contributed by atoms with Crippen LogP contribution in [0.15, 0.2) is 52.3 Å². The van der Waals surface area contributed by atoms with Gasteiger partial charge in [0.1, 0.15) is 5.75 Å². The van der Waals surface area contributed by atoms with Gasteiger partial charge in [-0.1, -0.05) is 12.1 Å². The highest BCUT2D eigenvalue weighted by atomic mass is 32.2. The first-order valence-electron chi connectivity index (χ1n) is 7.74. The Bertz CT molecular complexity index is 907. The minimum absolute atomic E-state index is 0.0369. The van der Waals surface area contributed by atoms with E-state index in [0.717, 1.165) is 21.9 Å². The van der Waals surface area contributed by atoms with Gasteiger partial charge in [0.25, 0.3) is 0 Å². The molecule has 0 spiro atoms. The molecule has 0 bridgehead atoms. The maximum atomic E-state index is 12.7. The van der Waals surface area contributed by atoms with E-state index in [1.807, 2.05) is 25.1 Å². The quantitative estimate of drug-likeness (QED) is 0.819. The molecule has 132 valence electrons. The van der Waals surface area contributed by atoms with Crippen molar-refractivity contribution in [2.45, 2.75) is 28.5 Å². The van der Waals surface area contributed by atoms with Crippen molar-refractivity contribution in [2.75, 3.05) is 18.3 Å². The highest BCUT2D eigenvalue weighted by Crippen LogP contribution is 2.41. The molecule has 1 aliphatic rings. The Morgan fingerprint density at radius 3 is 2.44 bits per heavy atom. The normalized spacial score (nSPS) is 17.3. The lowest BCUT2D eigenvalue weighted by Crippen LogP contribution is -2.39. The van der Waals surface area contributed by atoms with Crippen molar-refractivity contribution < 1.29 is 17.9 Å². The van der Waals surface area contributed by atoms with Crippen LogP contribution in [-0.4, -0.2) is 32.9 Å². The Morgan fingerprint density at radius 1 is 1.16 bits per heavy atom. The number of fused-ring (bicyclic) bond motifs is 1. The molecule has 0 saturated heterocycles. The van der Waals surface area contributed by atoms with E-state index in [0.29, 0.717) is 6.54 Å². The molecule has 25 heavy (non-hydrogen) atoms. The summed E-state index contributed by atoms with van der Waals surface area (Å²) in [7, 11) is -1.61. The minimum atomic E-state index is -3.23. The Labute approximate surface area is 151 Å². The summed E-state index contributed by atoms with van der Waals surface area (Å²) in [5.74, 6) is 0.792. The van der Waals surface area contributed by atoms with Crippen LogP contribution < -0.4 is 9.64 Å². The van der Waals surface area contributed by atoms with Crippen molar-refractivity contribution in [2.24, 2.45) is 0 Å². The Hall–Kier alpha value is -1.99. The summed E-state index contributed by atoms with van der Waals surface area (Å²) >= 11 is 1.52. The SMILES string of the molecule is COc1ccc2c(c1)SC(C)C(=O)N2Cc1ccc(S(C)(=O)=O)cc1. The zero-order valence-corrected chi connectivity index (χ0v) is 15.9. The predicted octanol–water partition coefficient (Wildman–Crippen LogP) is 3.13. The molecule has 2 aromatic rings. The van der Waals surface area contributed by atoms with Gasteiger partial charge in [0.15, 0.2) is 9.84 Å². The first-order valence-corrected chi connectivity index (χ1v) is 10.5. The molecule has 0 aromatic heterocycles. The van der Waals surface area contributed by atoms with Crippen LogP contribution in [0.4, 0.5) is 5.69 Å². The molecule has 0 saturated carbocycles. The molecule has 1 aliphatic heterocycles. The van der Waals surface area contributed by atoms with Crippen molar-refractivity contribution in [3.8, 4) is 5.75 Å². The number of amides is 1. The van der Waals surface area contributed by atoms with Crippen LogP contribution >= 0.6 is 11.8 Å². The number of carbonyl (C=O) groups is 1. The maximum absolute atomic E-state index is 12.7. The molecular formula is C18H19NO4S2. The number of nitrogens with zero attached hydrogens (tertiary/aromatic N) is 1. The zero-order valence-electron chi connectivity index (χ0n) is 14.2. The highest BCUT2D eigenvalue weighted by Gasteiger charge is 2.31. The zero-order chi connectivity index (χ0) is 18.2. The fourth-order valence-corrected chi connectivity index (χ4v) is 4.43. The summed E-state index contributed by atoms with van der Waals surface area (Å²) in [6.45, 7) is 2.28. The topological polar surface area (TPSA) is 63.7 Å². The number of rotatable bonds is 4. The third-order valence-corrected chi connectivity index (χ3v) is 6.33. The van der Waals surface area contributed by atoms with Crippen molar-refractivity contribution >= 4 is 33.2 Å². The van der Waals surface area contributed by atoms with Gasteiger partial charge >= 0.3 is 0 Å². The van der Waals surface area contributed by atoms with Gasteiger partial charge in [-0.05, 0) is 42.8 Å². The molecule has 1 amide bonds. The van der Waals surface area contributed by atoms with Gasteiger partial charge < -0.3 is 9.64 Å². The molecule has 0 N–H and O–H groups in total. The number of methoxy groups -OCH3 is 1. The van der Waals surface area contributed by atoms with Crippen LogP contribution in [0.25, 0.3) is 0 Å². The lowest BCUT2D eigenvalue weighted by molar-refractivity contribution is -0.118. The summed E-state index contributed by atoms with van der Waals surface area (Å²) in [5.41, 5.74) is 1.72. The number of benzene rings is 2. The number of sulfone groups is 1. The molecule has 0 fully saturated rings. The van der Waals surface area contributed by atoms with E-state index in [1.165, 1.54) is 18.0 Å². The van der Waals surface area contributed by atoms with Crippen molar-refractivity contribution in [3.05, 3.63) is 48.0 Å². The minimum Gasteiger partial charge on any atom is -0.497 e. The van der Waals surface area contributed by atoms with Crippen LogP contribution in [0.5, 0.6) is 5.75 Å². The monoisotopic (exact) mass is 377 g/mol. The fourth-order valence-electron chi connectivity index (χ4n) is 2.71. The third-order valence-electron chi connectivity index (χ3n) is 4.07. The van der Waals surface area contributed by atoms with Crippen LogP contribution in [-0.2, 0) is 21.2 Å². The average molecular weight is 377 g/mol. The Kier molecular flexibility index (Phi) is 4.79. The molecular weight excluding hydrogens is 358 g/mol. The summed E-state index contributed by atoms with van der Waals surface area (Å²) in [4.78, 5) is 15.7. The lowest BCUT2D eigenvalue weighted by Gasteiger charge is -2.32. The lowest BCUT2D eigenvalue weighted by atomic mass is 10.1. The largest absolute Gasteiger partial charge is 0.497 e. The van der Waals surface area contributed by atoms with E-state index in [4.69, 9.17) is 4.74 Å². The third kappa shape index (κ3) is 3.67. The molecule has 2 aromatic carbocycles. The van der Waals surface area contributed by atoms with E-state index < -0.39 is 9.84 Å². The van der Waals surface area contributed by atoms with Crippen molar-refractivity contribution in [1.29, 1.82) is 0 Å². The molecule has 0 aliphatic carbocycles. The van der Waals surface area contributed by atoms with Crippen LogP contribution in [0, 0.1) is 0 Å². The number of hydrogen-bond acceptors (Lipinski definition) is 5. The van der Waals surface area contributed by atoms with Crippen molar-refractivity contribution in [3.63, 3.8) is 0 Å². The van der Waals surface area contributed by atoms with E-state index >= 15 is 0 Å². The number of anilines is 1. The van der Waals surface area contributed by atoms with Gasteiger partial charge in [-0.2, -0.15) is 0 Å². The van der Waals surface area contributed by atoms with E-state index in [9.17, 15) is 13.2 Å². The molecule has 1 unspecified atom stereocenters. The summed E-state index contributed by atoms with van der Waals surface area (Å²) < 4.78 is 28.4. The van der Waals surface area contributed by atoms with Gasteiger partial charge in [-0.3, -0.25) is 4.79 Å². The molecule has 5 nitrogen and oxygen atoms in total. The fraction of sp³-hybridized carbons (Fsp3) is 0.278. The Balaban J connectivity index is 1.93. The van der Waals surface area contributed by atoms with Gasteiger partial charge in [-0.25, -0.2) is 8.42 Å². The molecule has 1 heterocycles. The Morgan fingerprint density at radius 2 is 1.84 bits per heavy atom. The maximum Gasteiger partial charge on any atom is 0.240 e. The van der Waals surface area contributed by atoms with E-state index in [2.05, 4.69) is 0 Å². The van der Waals surface area contributed by atoms with Crippen LogP contribution in [0.1, 0.15) is 12.5 Å². The summed E-state index contributed by atoms with van der Waals surface area (Å²) in [5, 5.41) is -0.185. The summed E-state index contributed by atoms with van der Waals surface area (Å²) in [6, 6.07) is 12.3. The van der Waals surface area contributed by atoms with Gasteiger partial charge in [0.2, 0.25) is 5.91 Å². The first-order chi connectivity index (χ1) is 11.8. The highest BCUT2D eigenvalue weighted by molar-refractivity contribution is 8.01. The average Bonchev–Trinajstić information content (AvgIpc) is 2.58. The first kappa shape index (κ1) is 17.8.